The summed E-state index contributed by atoms with van der Waals surface area (Å²) in [5.74, 6) is 0.243. The third-order valence-corrected chi connectivity index (χ3v) is 5.07. The van der Waals surface area contributed by atoms with Gasteiger partial charge in [0.05, 0.1) is 4.90 Å². The number of rotatable bonds is 3. The third-order valence-electron chi connectivity index (χ3n) is 3.72. The zero-order valence-corrected chi connectivity index (χ0v) is 13.1. The number of H-pyrrole nitrogens is 2. The molecule has 0 amide bonds. The van der Waals surface area contributed by atoms with Crippen molar-refractivity contribution < 1.29 is 8.42 Å². The Morgan fingerprint density at radius 1 is 1.04 bits per heavy atom. The van der Waals surface area contributed by atoms with Gasteiger partial charge >= 0.3 is 0 Å². The molecule has 0 bridgehead atoms. The lowest BCUT2D eigenvalue weighted by atomic mass is 10.2. The number of benzene rings is 1. The van der Waals surface area contributed by atoms with Crippen LogP contribution in [0.1, 0.15) is 0 Å². The van der Waals surface area contributed by atoms with Gasteiger partial charge in [-0.2, -0.15) is 0 Å². The molecule has 8 heteroatoms. The van der Waals surface area contributed by atoms with Gasteiger partial charge in [0, 0.05) is 28.7 Å². The standard InChI is InChI=1S/C16H12N4O3S/c21-16-15-11(6-8-18-16)12-9-10(4-5-13(12)19-15)24(22,23)20-14-3-1-2-7-17-14/h1-9,19H,(H,17,20)(H,18,21). The van der Waals surface area contributed by atoms with Crippen LogP contribution >= 0.6 is 0 Å². The van der Waals surface area contributed by atoms with E-state index in [0.717, 1.165) is 0 Å². The molecule has 3 aromatic heterocycles. The van der Waals surface area contributed by atoms with Crippen molar-refractivity contribution in [1.29, 1.82) is 0 Å². The van der Waals surface area contributed by atoms with Crippen molar-refractivity contribution in [3.63, 3.8) is 0 Å². The van der Waals surface area contributed by atoms with Gasteiger partial charge in [-0.25, -0.2) is 13.4 Å². The van der Waals surface area contributed by atoms with Crippen molar-refractivity contribution >= 4 is 37.6 Å². The fourth-order valence-electron chi connectivity index (χ4n) is 2.60. The van der Waals surface area contributed by atoms with Crippen LogP contribution in [-0.2, 0) is 10.0 Å². The zero-order chi connectivity index (χ0) is 16.7. The molecule has 0 atom stereocenters. The van der Waals surface area contributed by atoms with Crippen LogP contribution in [-0.4, -0.2) is 23.4 Å². The molecule has 0 aliphatic carbocycles. The number of hydrogen-bond acceptors (Lipinski definition) is 4. The number of aromatic nitrogens is 3. The summed E-state index contributed by atoms with van der Waals surface area (Å²) in [6, 6.07) is 11.4. The van der Waals surface area contributed by atoms with Crippen molar-refractivity contribution in [2.45, 2.75) is 4.90 Å². The topological polar surface area (TPSA) is 108 Å². The molecular weight excluding hydrogens is 328 g/mol. The van der Waals surface area contributed by atoms with E-state index in [2.05, 4.69) is 19.7 Å². The molecule has 3 heterocycles. The van der Waals surface area contributed by atoms with Crippen LogP contribution in [0.15, 0.2) is 64.5 Å². The van der Waals surface area contributed by atoms with Crippen LogP contribution in [0.5, 0.6) is 0 Å². The van der Waals surface area contributed by atoms with Gasteiger partial charge in [0.2, 0.25) is 0 Å². The highest BCUT2D eigenvalue weighted by Crippen LogP contribution is 2.26. The van der Waals surface area contributed by atoms with E-state index in [0.29, 0.717) is 21.8 Å². The molecule has 0 aliphatic heterocycles. The summed E-state index contributed by atoms with van der Waals surface area (Å²) >= 11 is 0. The van der Waals surface area contributed by atoms with E-state index < -0.39 is 10.0 Å². The normalized spacial score (nSPS) is 11.8. The highest BCUT2D eigenvalue weighted by Gasteiger charge is 2.17. The summed E-state index contributed by atoms with van der Waals surface area (Å²) < 4.78 is 27.5. The Morgan fingerprint density at radius 2 is 1.92 bits per heavy atom. The number of aromatic amines is 2. The minimum atomic E-state index is -3.77. The molecule has 7 nitrogen and oxygen atoms in total. The van der Waals surface area contributed by atoms with Gasteiger partial charge in [0.1, 0.15) is 11.3 Å². The van der Waals surface area contributed by atoms with Crippen LogP contribution in [0.2, 0.25) is 0 Å². The molecule has 0 fully saturated rings. The fourth-order valence-corrected chi connectivity index (χ4v) is 3.64. The first-order chi connectivity index (χ1) is 11.5. The van der Waals surface area contributed by atoms with E-state index in [4.69, 9.17) is 0 Å². The number of sulfonamides is 1. The highest BCUT2D eigenvalue weighted by molar-refractivity contribution is 7.92. The first-order valence-corrected chi connectivity index (χ1v) is 8.60. The Morgan fingerprint density at radius 3 is 2.71 bits per heavy atom. The van der Waals surface area contributed by atoms with E-state index in [1.807, 2.05) is 0 Å². The molecule has 0 radical (unpaired) electrons. The molecule has 120 valence electrons. The lowest BCUT2D eigenvalue weighted by Gasteiger charge is -2.07. The van der Waals surface area contributed by atoms with Crippen molar-refractivity contribution in [3.8, 4) is 0 Å². The first kappa shape index (κ1) is 14.5. The third kappa shape index (κ3) is 2.33. The summed E-state index contributed by atoms with van der Waals surface area (Å²) in [6.07, 6.45) is 3.04. The first-order valence-electron chi connectivity index (χ1n) is 7.11. The van der Waals surface area contributed by atoms with Crippen molar-refractivity contribution in [3.05, 3.63) is 65.2 Å². The summed E-state index contributed by atoms with van der Waals surface area (Å²) in [5, 5.41) is 1.34. The van der Waals surface area contributed by atoms with Gasteiger partial charge in [0.25, 0.3) is 15.6 Å². The van der Waals surface area contributed by atoms with E-state index in [-0.39, 0.29) is 16.3 Å². The summed E-state index contributed by atoms with van der Waals surface area (Å²) in [4.78, 5) is 21.5. The molecular formula is C16H12N4O3S. The van der Waals surface area contributed by atoms with Crippen molar-refractivity contribution in [1.82, 2.24) is 15.0 Å². The maximum Gasteiger partial charge on any atom is 0.272 e. The Labute approximate surface area is 136 Å². The molecule has 1 aromatic carbocycles. The van der Waals surface area contributed by atoms with Gasteiger partial charge in [-0.15, -0.1) is 0 Å². The van der Waals surface area contributed by atoms with Gasteiger partial charge in [-0.05, 0) is 36.4 Å². The minimum absolute atomic E-state index is 0.0989. The Balaban J connectivity index is 1.87. The number of nitrogens with zero attached hydrogens (tertiary/aromatic N) is 1. The smallest absolute Gasteiger partial charge is 0.272 e. The highest BCUT2D eigenvalue weighted by atomic mass is 32.2. The van der Waals surface area contributed by atoms with Gasteiger partial charge in [0.15, 0.2) is 0 Å². The summed E-state index contributed by atoms with van der Waals surface area (Å²) in [6.45, 7) is 0. The Kier molecular flexibility index (Phi) is 3.14. The molecule has 4 rings (SSSR count). The summed E-state index contributed by atoms with van der Waals surface area (Å²) in [7, 11) is -3.77. The molecule has 0 saturated heterocycles. The van der Waals surface area contributed by atoms with E-state index in [1.165, 1.54) is 18.5 Å². The minimum Gasteiger partial charge on any atom is -0.350 e. The molecule has 3 N–H and O–H groups in total. The molecule has 4 aromatic rings. The molecule has 0 aliphatic rings. The number of pyridine rings is 2. The van der Waals surface area contributed by atoms with Crippen molar-refractivity contribution in [2.75, 3.05) is 4.72 Å². The molecule has 0 saturated carbocycles. The number of nitrogens with one attached hydrogen (secondary N) is 3. The maximum absolute atomic E-state index is 12.5. The maximum atomic E-state index is 12.5. The van der Waals surface area contributed by atoms with Crippen LogP contribution in [0, 0.1) is 0 Å². The van der Waals surface area contributed by atoms with Gasteiger partial charge in [-0.1, -0.05) is 6.07 Å². The van der Waals surface area contributed by atoms with Crippen LogP contribution in [0.4, 0.5) is 5.82 Å². The van der Waals surface area contributed by atoms with Crippen LogP contribution in [0.25, 0.3) is 21.8 Å². The monoisotopic (exact) mass is 340 g/mol. The Bertz CT molecular complexity index is 1210. The second kappa shape index (κ2) is 5.20. The Hall–Kier alpha value is -3.13. The second-order valence-electron chi connectivity index (χ2n) is 5.25. The fraction of sp³-hybridized carbons (Fsp3) is 0. The molecule has 0 spiro atoms. The van der Waals surface area contributed by atoms with E-state index >= 15 is 0 Å². The zero-order valence-electron chi connectivity index (χ0n) is 12.3. The SMILES string of the molecule is O=c1[nH]ccc2c1[nH]c1ccc(S(=O)(=O)Nc3ccccn3)cc12. The second-order valence-corrected chi connectivity index (χ2v) is 6.93. The van der Waals surface area contributed by atoms with Crippen LogP contribution < -0.4 is 10.3 Å². The largest absolute Gasteiger partial charge is 0.350 e. The van der Waals surface area contributed by atoms with Gasteiger partial charge in [-0.3, -0.25) is 9.52 Å². The van der Waals surface area contributed by atoms with E-state index in [9.17, 15) is 13.2 Å². The predicted molar refractivity (Wildman–Crippen MR) is 91.5 cm³/mol. The number of anilines is 1. The number of fused-ring (bicyclic) bond motifs is 3. The molecule has 0 unspecified atom stereocenters. The quantitative estimate of drug-likeness (QED) is 0.531. The lowest BCUT2D eigenvalue weighted by Crippen LogP contribution is -2.13. The number of hydrogen-bond donors (Lipinski definition) is 3. The van der Waals surface area contributed by atoms with Crippen LogP contribution in [0.3, 0.4) is 0 Å². The predicted octanol–water partition coefficient (Wildman–Crippen LogP) is 2.21. The van der Waals surface area contributed by atoms with E-state index in [1.54, 1.807) is 36.4 Å². The van der Waals surface area contributed by atoms with Crippen molar-refractivity contribution in [2.24, 2.45) is 0 Å². The lowest BCUT2D eigenvalue weighted by molar-refractivity contribution is 0.601. The molecule has 24 heavy (non-hydrogen) atoms. The average Bonchev–Trinajstić information content (AvgIpc) is 2.95. The summed E-state index contributed by atoms with van der Waals surface area (Å²) in [5.41, 5.74) is 0.859. The van der Waals surface area contributed by atoms with Gasteiger partial charge < -0.3 is 9.97 Å². The average molecular weight is 340 g/mol.